The Hall–Kier alpha value is -2.57. The van der Waals surface area contributed by atoms with Gasteiger partial charge < -0.3 is 15.4 Å². The third-order valence-electron chi connectivity index (χ3n) is 4.04. The number of hydrogen-bond acceptors (Lipinski definition) is 3. The summed E-state index contributed by atoms with van der Waals surface area (Å²) in [6.07, 6.45) is 0.681. The Balaban J connectivity index is 2.00. The lowest BCUT2D eigenvalue weighted by Gasteiger charge is -2.16. The number of nitrogens with zero attached hydrogens (tertiary/aromatic N) is 2. The Kier molecular flexibility index (Phi) is 6.01. The van der Waals surface area contributed by atoms with E-state index in [1.807, 2.05) is 32.5 Å². The van der Waals surface area contributed by atoms with Crippen molar-refractivity contribution in [3.63, 3.8) is 0 Å². The topological polar surface area (TPSA) is 68.2 Å². The molecule has 1 aromatic heterocycles. The zero-order valence-corrected chi connectivity index (χ0v) is 15.3. The second-order valence-corrected chi connectivity index (χ2v) is 6.05. The van der Waals surface area contributed by atoms with E-state index in [2.05, 4.69) is 15.7 Å². The third-order valence-corrected chi connectivity index (χ3v) is 4.04. The molecule has 25 heavy (non-hydrogen) atoms. The molecule has 1 atom stereocenters. The molecular formula is C18H25FN4O2. The van der Waals surface area contributed by atoms with Crippen molar-refractivity contribution in [3.05, 3.63) is 41.0 Å². The Labute approximate surface area is 147 Å². The molecule has 7 heteroatoms. The normalized spacial score (nSPS) is 11.9. The maximum absolute atomic E-state index is 13.3. The van der Waals surface area contributed by atoms with Crippen LogP contribution in [-0.2, 0) is 13.5 Å². The second kappa shape index (κ2) is 8.00. The number of halogens is 1. The standard InChI is InChI=1S/C18H25FN4O2/c1-6-25-17-10-14(19)7-8-16(17)21-18(24)20-11(2)9-15-12(3)22-23(5)13(15)4/h7-8,10-11H,6,9H2,1-5H3,(H2,20,21,24). The van der Waals surface area contributed by atoms with E-state index in [1.165, 1.54) is 18.2 Å². The van der Waals surface area contributed by atoms with E-state index in [0.29, 0.717) is 24.5 Å². The molecule has 2 amide bonds. The fourth-order valence-electron chi connectivity index (χ4n) is 2.73. The van der Waals surface area contributed by atoms with E-state index in [1.54, 1.807) is 6.92 Å². The van der Waals surface area contributed by atoms with E-state index in [9.17, 15) is 9.18 Å². The van der Waals surface area contributed by atoms with Crippen LogP contribution in [0.15, 0.2) is 18.2 Å². The molecular weight excluding hydrogens is 323 g/mol. The number of anilines is 1. The maximum atomic E-state index is 13.3. The molecule has 0 fully saturated rings. The van der Waals surface area contributed by atoms with E-state index >= 15 is 0 Å². The SMILES string of the molecule is CCOc1cc(F)ccc1NC(=O)NC(C)Cc1c(C)nn(C)c1C. The van der Waals surface area contributed by atoms with Crippen LogP contribution in [0.2, 0.25) is 0 Å². The summed E-state index contributed by atoms with van der Waals surface area (Å²) in [4.78, 5) is 12.2. The predicted molar refractivity (Wildman–Crippen MR) is 95.6 cm³/mol. The Bertz CT molecular complexity index is 758. The highest BCUT2D eigenvalue weighted by Crippen LogP contribution is 2.25. The summed E-state index contributed by atoms with van der Waals surface area (Å²) < 4.78 is 20.5. The number of ether oxygens (including phenoxy) is 1. The van der Waals surface area contributed by atoms with Crippen LogP contribution in [0.3, 0.4) is 0 Å². The van der Waals surface area contributed by atoms with Crippen LogP contribution in [0, 0.1) is 19.7 Å². The second-order valence-electron chi connectivity index (χ2n) is 6.05. The number of urea groups is 1. The fraction of sp³-hybridized carbons (Fsp3) is 0.444. The van der Waals surface area contributed by atoms with Gasteiger partial charge in [-0.25, -0.2) is 9.18 Å². The maximum Gasteiger partial charge on any atom is 0.319 e. The monoisotopic (exact) mass is 348 g/mol. The first-order valence-electron chi connectivity index (χ1n) is 8.30. The van der Waals surface area contributed by atoms with Crippen LogP contribution in [0.4, 0.5) is 14.9 Å². The molecule has 0 radical (unpaired) electrons. The quantitative estimate of drug-likeness (QED) is 0.841. The summed E-state index contributed by atoms with van der Waals surface area (Å²) >= 11 is 0. The van der Waals surface area contributed by atoms with E-state index in [4.69, 9.17) is 4.74 Å². The van der Waals surface area contributed by atoms with Crippen molar-refractivity contribution >= 4 is 11.7 Å². The summed E-state index contributed by atoms with van der Waals surface area (Å²) in [7, 11) is 1.90. The zero-order chi connectivity index (χ0) is 18.6. The Morgan fingerprint density at radius 2 is 2.12 bits per heavy atom. The summed E-state index contributed by atoms with van der Waals surface area (Å²) in [5.74, 6) is -0.102. The lowest BCUT2D eigenvalue weighted by molar-refractivity contribution is 0.249. The molecule has 136 valence electrons. The van der Waals surface area contributed by atoms with Gasteiger partial charge in [0.25, 0.3) is 0 Å². The number of aryl methyl sites for hydroxylation is 2. The molecule has 0 saturated carbocycles. The van der Waals surface area contributed by atoms with Gasteiger partial charge in [-0.3, -0.25) is 4.68 Å². The van der Waals surface area contributed by atoms with Crippen LogP contribution >= 0.6 is 0 Å². The number of aromatic nitrogens is 2. The van der Waals surface area contributed by atoms with Crippen LogP contribution in [0.25, 0.3) is 0 Å². The number of hydrogen-bond donors (Lipinski definition) is 2. The van der Waals surface area contributed by atoms with Gasteiger partial charge in [-0.1, -0.05) is 0 Å². The molecule has 2 rings (SSSR count). The first-order chi connectivity index (χ1) is 11.8. The van der Waals surface area contributed by atoms with Gasteiger partial charge >= 0.3 is 6.03 Å². The van der Waals surface area contributed by atoms with Crippen molar-refractivity contribution in [2.24, 2.45) is 7.05 Å². The van der Waals surface area contributed by atoms with Gasteiger partial charge in [-0.05, 0) is 51.8 Å². The van der Waals surface area contributed by atoms with Crippen LogP contribution in [-0.4, -0.2) is 28.5 Å². The van der Waals surface area contributed by atoms with Crippen LogP contribution in [0.1, 0.15) is 30.8 Å². The van der Waals surface area contributed by atoms with Gasteiger partial charge in [-0.2, -0.15) is 5.10 Å². The molecule has 6 nitrogen and oxygen atoms in total. The first-order valence-corrected chi connectivity index (χ1v) is 8.30. The molecule has 0 aliphatic rings. The van der Waals surface area contributed by atoms with Crippen molar-refractivity contribution in [2.75, 3.05) is 11.9 Å². The number of amides is 2. The van der Waals surface area contributed by atoms with Crippen molar-refractivity contribution < 1.29 is 13.9 Å². The minimum absolute atomic E-state index is 0.0856. The van der Waals surface area contributed by atoms with Gasteiger partial charge in [0, 0.05) is 24.8 Å². The van der Waals surface area contributed by atoms with Crippen LogP contribution < -0.4 is 15.4 Å². The van der Waals surface area contributed by atoms with E-state index in [-0.39, 0.29) is 12.1 Å². The number of nitrogens with one attached hydrogen (secondary N) is 2. The van der Waals surface area contributed by atoms with Gasteiger partial charge in [-0.15, -0.1) is 0 Å². The van der Waals surface area contributed by atoms with Crippen molar-refractivity contribution in [1.82, 2.24) is 15.1 Å². The summed E-state index contributed by atoms with van der Waals surface area (Å²) in [5.41, 5.74) is 3.61. The van der Waals surface area contributed by atoms with Crippen LogP contribution in [0.5, 0.6) is 5.75 Å². The average Bonchev–Trinajstić information content (AvgIpc) is 2.76. The number of benzene rings is 1. The molecule has 0 saturated heterocycles. The minimum Gasteiger partial charge on any atom is -0.492 e. The summed E-state index contributed by atoms with van der Waals surface area (Å²) in [6, 6.07) is 3.58. The Morgan fingerprint density at radius 3 is 2.72 bits per heavy atom. The van der Waals surface area contributed by atoms with Gasteiger partial charge in [0.2, 0.25) is 0 Å². The third kappa shape index (κ3) is 4.71. The summed E-state index contributed by atoms with van der Waals surface area (Å²) in [5, 5.41) is 9.99. The molecule has 0 aliphatic heterocycles. The van der Waals surface area contributed by atoms with Gasteiger partial charge in [0.1, 0.15) is 11.6 Å². The largest absolute Gasteiger partial charge is 0.492 e. The molecule has 0 bridgehead atoms. The molecule has 0 aliphatic carbocycles. The Morgan fingerprint density at radius 1 is 1.40 bits per heavy atom. The van der Waals surface area contributed by atoms with Gasteiger partial charge in [0.05, 0.1) is 18.0 Å². The molecule has 0 spiro atoms. The fourth-order valence-corrected chi connectivity index (χ4v) is 2.73. The summed E-state index contributed by atoms with van der Waals surface area (Å²) in [6.45, 7) is 8.09. The van der Waals surface area contributed by atoms with Crippen molar-refractivity contribution in [3.8, 4) is 5.75 Å². The lowest BCUT2D eigenvalue weighted by atomic mass is 10.1. The number of rotatable bonds is 6. The molecule has 2 N–H and O–H groups in total. The van der Waals surface area contributed by atoms with E-state index < -0.39 is 5.82 Å². The van der Waals surface area contributed by atoms with Crippen molar-refractivity contribution in [2.45, 2.75) is 40.2 Å². The molecule has 1 aromatic carbocycles. The number of carbonyl (C=O) groups excluding carboxylic acids is 1. The minimum atomic E-state index is -0.412. The number of carbonyl (C=O) groups is 1. The van der Waals surface area contributed by atoms with Gasteiger partial charge in [0.15, 0.2) is 0 Å². The first kappa shape index (κ1) is 18.8. The molecule has 1 unspecified atom stereocenters. The smallest absolute Gasteiger partial charge is 0.319 e. The molecule has 2 aromatic rings. The highest BCUT2D eigenvalue weighted by molar-refractivity contribution is 5.91. The average molecular weight is 348 g/mol. The highest BCUT2D eigenvalue weighted by atomic mass is 19.1. The van der Waals surface area contributed by atoms with E-state index in [0.717, 1.165) is 17.0 Å². The van der Waals surface area contributed by atoms with Crippen molar-refractivity contribution in [1.29, 1.82) is 0 Å². The predicted octanol–water partition coefficient (Wildman–Crippen LogP) is 3.33. The zero-order valence-electron chi connectivity index (χ0n) is 15.3. The highest BCUT2D eigenvalue weighted by Gasteiger charge is 2.16. The molecule has 1 heterocycles. The lowest BCUT2D eigenvalue weighted by Crippen LogP contribution is -2.37.